The maximum absolute atomic E-state index is 11.9. The summed E-state index contributed by atoms with van der Waals surface area (Å²) in [5.41, 5.74) is 5.62. The number of phenols is 1. The van der Waals surface area contributed by atoms with Crippen molar-refractivity contribution in [1.29, 1.82) is 0 Å². The Morgan fingerprint density at radius 2 is 2.00 bits per heavy atom. The molecule has 0 unspecified atom stereocenters. The molecule has 9 nitrogen and oxygen atoms in total. The number of benzene rings is 1. The first kappa shape index (κ1) is 17.1. The second-order valence-corrected chi connectivity index (χ2v) is 6.54. The van der Waals surface area contributed by atoms with E-state index in [4.69, 9.17) is 27.0 Å². The Hall–Kier alpha value is -2.30. The number of nitrogens with zero attached hydrogens (tertiary/aromatic N) is 2. The minimum Gasteiger partial charge on any atom is -0.504 e. The van der Waals surface area contributed by atoms with E-state index in [1.807, 2.05) is 0 Å². The Morgan fingerprint density at radius 1 is 1.39 bits per heavy atom. The van der Waals surface area contributed by atoms with Crippen LogP contribution in [0.1, 0.15) is 11.5 Å². The molecule has 2 rings (SSSR count). The molecule has 0 aliphatic heterocycles. The number of aryl methyl sites for hydroxylation is 2. The highest BCUT2D eigenvalue weighted by Crippen LogP contribution is 2.42. The lowest BCUT2D eigenvalue weighted by molar-refractivity contribution is 0.255. The lowest BCUT2D eigenvalue weighted by Gasteiger charge is -2.22. The Bertz CT molecular complexity index is 874. The van der Waals surface area contributed by atoms with Crippen LogP contribution in [-0.4, -0.2) is 24.7 Å². The predicted octanol–water partition coefficient (Wildman–Crippen LogP) is 1.51. The summed E-state index contributed by atoms with van der Waals surface area (Å²) in [7, 11) is -4.33. The largest absolute Gasteiger partial charge is 0.504 e. The van der Waals surface area contributed by atoms with Crippen LogP contribution in [-0.2, 0) is 10.0 Å². The number of urea groups is 1. The molecule has 0 aliphatic carbocycles. The zero-order valence-corrected chi connectivity index (χ0v) is 13.6. The molecule has 2 amide bonds. The van der Waals surface area contributed by atoms with Crippen LogP contribution in [0.15, 0.2) is 21.6 Å². The molecule has 0 aliphatic rings. The van der Waals surface area contributed by atoms with Crippen molar-refractivity contribution in [3.8, 4) is 5.75 Å². The van der Waals surface area contributed by atoms with Crippen molar-refractivity contribution < 1.29 is 22.8 Å². The zero-order chi connectivity index (χ0) is 17.5. The van der Waals surface area contributed by atoms with Gasteiger partial charge in [-0.15, -0.1) is 0 Å². The molecule has 2 aromatic rings. The number of carbonyl (C=O) groups is 1. The number of anilines is 2. The second kappa shape index (κ2) is 5.72. The predicted molar refractivity (Wildman–Crippen MR) is 82.2 cm³/mol. The van der Waals surface area contributed by atoms with Crippen LogP contribution in [0.3, 0.4) is 0 Å². The number of aromatic hydroxyl groups is 1. The third kappa shape index (κ3) is 2.96. The molecule has 0 saturated heterocycles. The smallest absolute Gasteiger partial charge is 0.324 e. The fraction of sp³-hybridized carbons (Fsp3) is 0.167. The average Bonchev–Trinajstić information content (AvgIpc) is 2.71. The van der Waals surface area contributed by atoms with E-state index < -0.39 is 26.7 Å². The molecule has 23 heavy (non-hydrogen) atoms. The van der Waals surface area contributed by atoms with Gasteiger partial charge in [0.1, 0.15) is 16.3 Å². The fourth-order valence-electron chi connectivity index (χ4n) is 2.13. The van der Waals surface area contributed by atoms with Crippen molar-refractivity contribution in [3.63, 3.8) is 0 Å². The molecule has 0 spiro atoms. The zero-order valence-electron chi connectivity index (χ0n) is 12.1. The van der Waals surface area contributed by atoms with Crippen LogP contribution in [0.5, 0.6) is 5.75 Å². The van der Waals surface area contributed by atoms with E-state index in [0.29, 0.717) is 5.69 Å². The molecule has 0 radical (unpaired) electrons. The Balaban J connectivity index is 2.80. The van der Waals surface area contributed by atoms with Gasteiger partial charge in [-0.3, -0.25) is 4.90 Å². The van der Waals surface area contributed by atoms with Crippen molar-refractivity contribution in [3.05, 3.63) is 28.6 Å². The van der Waals surface area contributed by atoms with Gasteiger partial charge in [-0.25, -0.2) is 18.4 Å². The van der Waals surface area contributed by atoms with Crippen molar-refractivity contribution in [2.24, 2.45) is 10.9 Å². The molecule has 124 valence electrons. The lowest BCUT2D eigenvalue weighted by Crippen LogP contribution is -2.32. The minimum atomic E-state index is -4.33. The van der Waals surface area contributed by atoms with Gasteiger partial charge < -0.3 is 15.4 Å². The van der Waals surface area contributed by atoms with Gasteiger partial charge in [0.15, 0.2) is 11.5 Å². The highest BCUT2D eigenvalue weighted by Gasteiger charge is 2.29. The summed E-state index contributed by atoms with van der Waals surface area (Å²) in [6.45, 7) is 3.08. The van der Waals surface area contributed by atoms with Gasteiger partial charge in [0, 0.05) is 0 Å². The monoisotopic (exact) mass is 360 g/mol. The van der Waals surface area contributed by atoms with Gasteiger partial charge in [-0.2, -0.15) is 0 Å². The second-order valence-electron chi connectivity index (χ2n) is 4.64. The molecular weight excluding hydrogens is 348 g/mol. The summed E-state index contributed by atoms with van der Waals surface area (Å²) >= 11 is 5.77. The number of rotatable bonds is 3. The molecule has 0 atom stereocenters. The molecule has 5 N–H and O–H groups in total. The summed E-state index contributed by atoms with van der Waals surface area (Å²) in [6, 6.07) is 1.41. The third-order valence-corrected chi connectivity index (χ3v) is 4.44. The van der Waals surface area contributed by atoms with Crippen molar-refractivity contribution in [2.75, 3.05) is 4.90 Å². The molecule has 0 fully saturated rings. The maximum atomic E-state index is 11.9. The van der Waals surface area contributed by atoms with Gasteiger partial charge in [-0.05, 0) is 26.0 Å². The van der Waals surface area contributed by atoms with E-state index in [-0.39, 0.29) is 22.2 Å². The summed E-state index contributed by atoms with van der Waals surface area (Å²) in [5, 5.41) is 18.7. The van der Waals surface area contributed by atoms with Crippen LogP contribution >= 0.6 is 11.6 Å². The van der Waals surface area contributed by atoms with E-state index in [9.17, 15) is 18.3 Å². The van der Waals surface area contributed by atoms with E-state index in [2.05, 4.69) is 5.16 Å². The first-order valence-electron chi connectivity index (χ1n) is 6.12. The average molecular weight is 361 g/mol. The number of primary sulfonamides is 1. The van der Waals surface area contributed by atoms with E-state index in [0.717, 1.165) is 4.90 Å². The summed E-state index contributed by atoms with van der Waals surface area (Å²) in [5.74, 6) is -0.563. The first-order valence-corrected chi connectivity index (χ1v) is 8.04. The Labute approximate surface area is 136 Å². The Kier molecular flexibility index (Phi) is 4.24. The van der Waals surface area contributed by atoms with E-state index in [1.54, 1.807) is 6.92 Å². The summed E-state index contributed by atoms with van der Waals surface area (Å²) in [6.07, 6.45) is 0. The molecule has 0 bridgehead atoms. The van der Waals surface area contributed by atoms with Gasteiger partial charge in [-0.1, -0.05) is 16.8 Å². The van der Waals surface area contributed by atoms with Crippen LogP contribution in [0.4, 0.5) is 16.2 Å². The number of hydrogen-bond acceptors (Lipinski definition) is 6. The van der Waals surface area contributed by atoms with Gasteiger partial charge in [0.05, 0.1) is 10.7 Å². The molecule has 1 aromatic heterocycles. The molecule has 11 heteroatoms. The standard InChI is InChI=1S/C12H13ClN4O5S/c1-5-9(6(2)22-16-5)17(12(14)19)8-4-3-7(13)11(10(8)18)23(15,20)21/h3-4,18H,1-2H3,(H2,14,19)(H2,15,20,21). The van der Waals surface area contributed by atoms with Crippen molar-refractivity contribution >= 4 is 39.0 Å². The van der Waals surface area contributed by atoms with Gasteiger partial charge in [0.2, 0.25) is 10.0 Å². The maximum Gasteiger partial charge on any atom is 0.324 e. The van der Waals surface area contributed by atoms with Gasteiger partial charge >= 0.3 is 6.03 Å². The molecule has 1 aromatic carbocycles. The van der Waals surface area contributed by atoms with Crippen LogP contribution in [0.2, 0.25) is 5.02 Å². The fourth-order valence-corrected chi connectivity index (χ4v) is 3.32. The molecule has 0 saturated carbocycles. The summed E-state index contributed by atoms with van der Waals surface area (Å²) < 4.78 is 28.2. The number of primary amides is 1. The number of sulfonamides is 1. The number of aromatic nitrogens is 1. The highest BCUT2D eigenvalue weighted by atomic mass is 35.5. The SMILES string of the molecule is Cc1noc(C)c1N(C(N)=O)c1ccc(Cl)c(S(N)(=O)=O)c1O. The molecular formula is C12H13ClN4O5S. The quantitative estimate of drug-likeness (QED) is 0.754. The third-order valence-electron chi connectivity index (χ3n) is 3.03. The number of halogens is 1. The number of nitrogens with two attached hydrogens (primary N) is 2. The van der Waals surface area contributed by atoms with Crippen molar-refractivity contribution in [2.45, 2.75) is 18.7 Å². The van der Waals surface area contributed by atoms with Crippen LogP contribution < -0.4 is 15.8 Å². The first-order chi connectivity index (χ1) is 10.6. The minimum absolute atomic E-state index is 0.176. The highest BCUT2D eigenvalue weighted by molar-refractivity contribution is 7.89. The Morgan fingerprint density at radius 3 is 2.43 bits per heavy atom. The number of phenolic OH excluding ortho intramolecular Hbond substituents is 1. The normalized spacial score (nSPS) is 11.5. The summed E-state index contributed by atoms with van der Waals surface area (Å²) in [4.78, 5) is 12.0. The molecule has 1 heterocycles. The van der Waals surface area contributed by atoms with Crippen LogP contribution in [0, 0.1) is 13.8 Å². The number of carbonyl (C=O) groups excluding carboxylic acids is 1. The number of hydrogen-bond donors (Lipinski definition) is 3. The van der Waals surface area contributed by atoms with Crippen LogP contribution in [0.25, 0.3) is 0 Å². The topological polar surface area (TPSA) is 153 Å². The lowest BCUT2D eigenvalue weighted by atomic mass is 10.2. The van der Waals surface area contributed by atoms with Gasteiger partial charge in [0.25, 0.3) is 0 Å². The van der Waals surface area contributed by atoms with E-state index in [1.165, 1.54) is 19.1 Å². The van der Waals surface area contributed by atoms with Crippen molar-refractivity contribution in [1.82, 2.24) is 5.16 Å². The number of amides is 2. The van der Waals surface area contributed by atoms with E-state index >= 15 is 0 Å².